The van der Waals surface area contributed by atoms with E-state index in [9.17, 15) is 10.1 Å². The molecule has 0 aliphatic rings. The Morgan fingerprint density at radius 1 is 1.70 bits per heavy atom. The molecule has 1 atom stereocenters. The number of hydrogen-bond donors (Lipinski definition) is 0. The molecule has 0 aromatic heterocycles. The quantitative estimate of drug-likeness (QED) is 0.438. The van der Waals surface area contributed by atoms with Crippen LogP contribution in [0.1, 0.15) is 26.7 Å². The van der Waals surface area contributed by atoms with Gasteiger partial charge in [-0.15, -0.1) is 10.1 Å². The molecular weight excluding hydrogens is 134 g/mol. The van der Waals surface area contributed by atoms with Gasteiger partial charge in [0.2, 0.25) is 0 Å². The summed E-state index contributed by atoms with van der Waals surface area (Å²) >= 11 is 0. The molecule has 4 heteroatoms. The summed E-state index contributed by atoms with van der Waals surface area (Å²) in [4.78, 5) is 13.9. The van der Waals surface area contributed by atoms with Gasteiger partial charge in [0.05, 0.1) is 6.61 Å². The summed E-state index contributed by atoms with van der Waals surface area (Å²) < 4.78 is 0. The molecule has 4 nitrogen and oxygen atoms in total. The van der Waals surface area contributed by atoms with E-state index in [0.29, 0.717) is 0 Å². The Hall–Kier alpha value is -0.800. The zero-order chi connectivity index (χ0) is 7.98. The first-order valence-corrected chi connectivity index (χ1v) is 3.44. The summed E-state index contributed by atoms with van der Waals surface area (Å²) in [7, 11) is 0. The lowest BCUT2D eigenvalue weighted by Crippen LogP contribution is -2.09. The largest absolute Gasteiger partial charge is 0.314 e. The fourth-order valence-corrected chi connectivity index (χ4v) is 0.764. The third kappa shape index (κ3) is 5.34. The summed E-state index contributed by atoms with van der Waals surface area (Å²) in [5.74, 6) is 0.287. The zero-order valence-electron chi connectivity index (χ0n) is 6.37. The van der Waals surface area contributed by atoms with Gasteiger partial charge in [-0.1, -0.05) is 20.3 Å². The van der Waals surface area contributed by atoms with E-state index in [2.05, 4.69) is 4.84 Å². The van der Waals surface area contributed by atoms with Gasteiger partial charge in [-0.05, 0) is 12.3 Å². The summed E-state index contributed by atoms with van der Waals surface area (Å²) in [5.41, 5.74) is 0. The van der Waals surface area contributed by atoms with E-state index >= 15 is 0 Å². The van der Waals surface area contributed by atoms with Crippen LogP contribution in [-0.4, -0.2) is 11.7 Å². The topological polar surface area (TPSA) is 52.4 Å². The molecule has 0 aliphatic heterocycles. The van der Waals surface area contributed by atoms with Crippen molar-refractivity contribution in [1.29, 1.82) is 0 Å². The number of nitrogens with zero attached hydrogens (tertiary/aromatic N) is 1. The smallest absolute Gasteiger partial charge is 0.294 e. The lowest BCUT2D eigenvalue weighted by molar-refractivity contribution is -0.759. The van der Waals surface area contributed by atoms with Crippen LogP contribution in [0.3, 0.4) is 0 Å². The molecule has 60 valence electrons. The van der Waals surface area contributed by atoms with Crippen LogP contribution in [0.25, 0.3) is 0 Å². The van der Waals surface area contributed by atoms with Crippen LogP contribution >= 0.6 is 0 Å². The molecular formula is C6H13NO3. The standard InChI is InChI=1S/C6H13NO3/c1-3-4-6(2)5-10-7(8)9/h6H,3-5H2,1-2H3. The minimum absolute atomic E-state index is 0.223. The Morgan fingerprint density at radius 2 is 2.30 bits per heavy atom. The van der Waals surface area contributed by atoms with E-state index in [1.54, 1.807) is 0 Å². The average molecular weight is 147 g/mol. The number of hydrogen-bond acceptors (Lipinski definition) is 3. The molecule has 0 spiro atoms. The minimum Gasteiger partial charge on any atom is -0.314 e. The average Bonchev–Trinajstić information content (AvgIpc) is 1.85. The van der Waals surface area contributed by atoms with Gasteiger partial charge in [0.15, 0.2) is 0 Å². The summed E-state index contributed by atoms with van der Waals surface area (Å²) in [6, 6.07) is 0. The first-order valence-electron chi connectivity index (χ1n) is 3.44. The van der Waals surface area contributed by atoms with Gasteiger partial charge in [-0.3, -0.25) is 0 Å². The molecule has 0 saturated carbocycles. The Labute approximate surface area is 60.3 Å². The molecule has 0 saturated heterocycles. The van der Waals surface area contributed by atoms with Crippen molar-refractivity contribution in [3.8, 4) is 0 Å². The zero-order valence-corrected chi connectivity index (χ0v) is 6.37. The Bertz CT molecular complexity index is 105. The van der Waals surface area contributed by atoms with Crippen LogP contribution in [0.4, 0.5) is 0 Å². The second-order valence-electron chi connectivity index (χ2n) is 2.41. The van der Waals surface area contributed by atoms with Crippen molar-refractivity contribution in [2.45, 2.75) is 26.7 Å². The highest BCUT2D eigenvalue weighted by Crippen LogP contribution is 2.04. The third-order valence-electron chi connectivity index (χ3n) is 1.25. The fourth-order valence-electron chi connectivity index (χ4n) is 0.764. The summed E-state index contributed by atoms with van der Waals surface area (Å²) in [6.45, 7) is 4.20. The van der Waals surface area contributed by atoms with Crippen LogP contribution in [0.5, 0.6) is 0 Å². The molecule has 0 N–H and O–H groups in total. The molecule has 10 heavy (non-hydrogen) atoms. The maximum absolute atomic E-state index is 9.69. The van der Waals surface area contributed by atoms with Gasteiger partial charge in [-0.2, -0.15) is 0 Å². The Kier molecular flexibility index (Phi) is 4.62. The van der Waals surface area contributed by atoms with Gasteiger partial charge < -0.3 is 4.84 Å². The normalized spacial score (nSPS) is 12.6. The highest BCUT2D eigenvalue weighted by Gasteiger charge is 2.02. The Morgan fingerprint density at radius 3 is 2.70 bits per heavy atom. The molecule has 1 unspecified atom stereocenters. The van der Waals surface area contributed by atoms with Crippen molar-refractivity contribution in [2.24, 2.45) is 5.92 Å². The van der Waals surface area contributed by atoms with E-state index in [0.717, 1.165) is 12.8 Å². The fraction of sp³-hybridized carbons (Fsp3) is 1.00. The van der Waals surface area contributed by atoms with Gasteiger partial charge in [0, 0.05) is 0 Å². The second-order valence-corrected chi connectivity index (χ2v) is 2.41. The highest BCUT2D eigenvalue weighted by molar-refractivity contribution is 4.46. The predicted octanol–water partition coefficient (Wildman–Crippen LogP) is 1.63. The predicted molar refractivity (Wildman–Crippen MR) is 37.0 cm³/mol. The molecule has 0 amide bonds. The summed E-state index contributed by atoms with van der Waals surface area (Å²) in [5, 5.41) is 8.95. The van der Waals surface area contributed by atoms with Crippen molar-refractivity contribution in [3.05, 3.63) is 10.1 Å². The van der Waals surface area contributed by atoms with Crippen LogP contribution < -0.4 is 0 Å². The molecule has 0 rings (SSSR count). The summed E-state index contributed by atoms with van der Waals surface area (Å²) in [6.07, 6.45) is 2.02. The van der Waals surface area contributed by atoms with Crippen molar-refractivity contribution in [2.75, 3.05) is 6.61 Å². The molecule has 0 radical (unpaired) electrons. The van der Waals surface area contributed by atoms with Crippen molar-refractivity contribution in [1.82, 2.24) is 0 Å². The van der Waals surface area contributed by atoms with Crippen LogP contribution in [0, 0.1) is 16.0 Å². The molecule has 0 fully saturated rings. The molecule has 0 aliphatic carbocycles. The van der Waals surface area contributed by atoms with Crippen LogP contribution in [0.15, 0.2) is 0 Å². The molecule has 0 bridgehead atoms. The lowest BCUT2D eigenvalue weighted by Gasteiger charge is -2.06. The molecule has 0 aromatic carbocycles. The maximum Gasteiger partial charge on any atom is 0.294 e. The van der Waals surface area contributed by atoms with Crippen LogP contribution in [0.2, 0.25) is 0 Å². The van der Waals surface area contributed by atoms with Crippen molar-refractivity contribution in [3.63, 3.8) is 0 Å². The maximum atomic E-state index is 9.69. The Balaban J connectivity index is 3.21. The van der Waals surface area contributed by atoms with Gasteiger partial charge in [0.25, 0.3) is 5.09 Å². The first-order chi connectivity index (χ1) is 4.66. The number of rotatable bonds is 5. The molecule has 0 aromatic rings. The van der Waals surface area contributed by atoms with E-state index in [1.807, 2.05) is 13.8 Å². The first kappa shape index (κ1) is 9.20. The van der Waals surface area contributed by atoms with E-state index in [-0.39, 0.29) is 12.5 Å². The lowest BCUT2D eigenvalue weighted by atomic mass is 10.1. The van der Waals surface area contributed by atoms with E-state index in [4.69, 9.17) is 0 Å². The van der Waals surface area contributed by atoms with Crippen LogP contribution in [-0.2, 0) is 4.84 Å². The van der Waals surface area contributed by atoms with Crippen molar-refractivity contribution >= 4 is 0 Å². The van der Waals surface area contributed by atoms with E-state index in [1.165, 1.54) is 0 Å². The van der Waals surface area contributed by atoms with Gasteiger partial charge in [0.1, 0.15) is 0 Å². The van der Waals surface area contributed by atoms with E-state index < -0.39 is 5.09 Å². The monoisotopic (exact) mass is 147 g/mol. The van der Waals surface area contributed by atoms with Crippen molar-refractivity contribution < 1.29 is 9.92 Å². The highest BCUT2D eigenvalue weighted by atomic mass is 16.9. The van der Waals surface area contributed by atoms with Gasteiger partial charge >= 0.3 is 0 Å². The molecule has 0 heterocycles. The third-order valence-corrected chi connectivity index (χ3v) is 1.25. The van der Waals surface area contributed by atoms with Gasteiger partial charge in [-0.25, -0.2) is 0 Å². The SMILES string of the molecule is CCCC(C)CO[N+](=O)[O-]. The minimum atomic E-state index is -0.744. The second kappa shape index (κ2) is 5.02.